The average molecular weight is 1010 g/mol. The lowest BCUT2D eigenvalue weighted by atomic mass is 10.0. The van der Waals surface area contributed by atoms with Gasteiger partial charge in [0, 0.05) is 32.5 Å². The highest BCUT2D eigenvalue weighted by atomic mass is 16.3. The number of nitrogens with zero attached hydrogens (tertiary/aromatic N) is 1. The third-order valence-corrected chi connectivity index (χ3v) is 11.1. The molecule has 1 unspecified atom stereocenters. The number of carbonyl (C=O) groups excluding carboxylic acids is 9. The van der Waals surface area contributed by atoms with Gasteiger partial charge in [-0.05, 0) is 80.6 Å². The van der Waals surface area contributed by atoms with Gasteiger partial charge in [0.1, 0.15) is 53.8 Å². The molecule has 0 saturated carbocycles. The quantitative estimate of drug-likeness (QED) is 0.106. The van der Waals surface area contributed by atoms with Crippen molar-refractivity contribution >= 4 is 53.2 Å². The number of benzene rings is 2. The Labute approximate surface area is 414 Å². The van der Waals surface area contributed by atoms with Crippen molar-refractivity contribution in [3.8, 4) is 11.5 Å². The Bertz CT molecular complexity index is 2360. The number of aromatic nitrogens is 1. The second-order valence-corrected chi connectivity index (χ2v) is 17.0. The lowest BCUT2D eigenvalue weighted by molar-refractivity contribution is -0.134. The first kappa shape index (κ1) is 56.8. The van der Waals surface area contributed by atoms with Gasteiger partial charge in [-0.3, -0.25) is 48.1 Å². The van der Waals surface area contributed by atoms with Crippen LogP contribution >= 0.6 is 0 Å². The maximum absolute atomic E-state index is 13.7. The van der Waals surface area contributed by atoms with Crippen molar-refractivity contribution in [1.29, 1.82) is 0 Å². The molecule has 9 amide bonds. The molecule has 25 heteroatoms. The maximum Gasteiger partial charge on any atom is 0.245 e. The van der Waals surface area contributed by atoms with E-state index in [4.69, 9.17) is 5.73 Å². The molecule has 0 fully saturated rings. The average Bonchev–Trinajstić information content (AvgIpc) is 3.34. The first-order valence-corrected chi connectivity index (χ1v) is 23.2. The van der Waals surface area contributed by atoms with Gasteiger partial charge in [0.05, 0.1) is 37.7 Å². The van der Waals surface area contributed by atoms with Crippen LogP contribution in [0, 0.1) is 0 Å². The van der Waals surface area contributed by atoms with Crippen LogP contribution in [0.2, 0.25) is 0 Å². The molecule has 1 aromatic heterocycles. The molecule has 1 aliphatic rings. The first-order valence-electron chi connectivity index (χ1n) is 23.2. The zero-order valence-electron chi connectivity index (χ0n) is 39.9. The minimum atomic E-state index is -1.63. The zero-order chi connectivity index (χ0) is 52.7. The molecule has 390 valence electrons. The summed E-state index contributed by atoms with van der Waals surface area (Å²) >= 11 is 0. The summed E-state index contributed by atoms with van der Waals surface area (Å²) < 4.78 is 0. The fourth-order valence-corrected chi connectivity index (χ4v) is 7.10. The van der Waals surface area contributed by atoms with Gasteiger partial charge in [-0.2, -0.15) is 0 Å². The van der Waals surface area contributed by atoms with E-state index in [2.05, 4.69) is 58.2 Å². The second-order valence-electron chi connectivity index (χ2n) is 17.0. The van der Waals surface area contributed by atoms with E-state index < -0.39 is 109 Å². The number of carbonyl (C=O) groups is 9. The molecule has 0 saturated heterocycles. The van der Waals surface area contributed by atoms with Crippen molar-refractivity contribution < 1.29 is 63.6 Å². The van der Waals surface area contributed by atoms with Gasteiger partial charge in [-0.25, -0.2) is 0 Å². The highest BCUT2D eigenvalue weighted by molar-refractivity contribution is 5.96. The number of phenolic OH excluding ortho intramolecular Hbond substituents is 2. The fourth-order valence-electron chi connectivity index (χ4n) is 7.10. The molecule has 0 spiro atoms. The standard InChI is InChI=1S/C47H64N12O13/c1-26-42(67)56-35(18-28-9-13-32(62)14-10-28)45(70)58-37(24-60)44(69)51-17-4-3-8-34(41(48)66)55-47(72)38(25-61)59-46(71)36(19-29-11-15-33(63)16-12-29)57-43(68)27(2)53-40(65)23-50-21-31-7-5-6-30(54-31)20-49-22-39(64)52-26/h5-7,9-16,26-27,34-38,49-50,60-63H,3-4,8,17-25H2,1-2H3,(H2,48,66)(H,51,69)(H,52,64)(H,53,65)(H,55,72)(H,56,67)(H,57,68)(H,58,70)(H,59,71)/t26-,27-,34-,35-,36-,37?,38-/m0/s1. The lowest BCUT2D eigenvalue weighted by Gasteiger charge is -2.25. The Hall–Kier alpha value is -7.74. The Kier molecular flexibility index (Phi) is 22.7. The highest BCUT2D eigenvalue weighted by Crippen LogP contribution is 2.14. The number of fused-ring (bicyclic) bond motifs is 2. The van der Waals surface area contributed by atoms with Crippen molar-refractivity contribution in [2.75, 3.05) is 32.8 Å². The first-order chi connectivity index (χ1) is 34.3. The predicted molar refractivity (Wildman–Crippen MR) is 256 cm³/mol. The molecule has 4 rings (SSSR count). The van der Waals surface area contributed by atoms with Crippen molar-refractivity contribution in [3.63, 3.8) is 0 Å². The van der Waals surface area contributed by atoms with E-state index in [9.17, 15) is 63.6 Å². The molecule has 7 atom stereocenters. The molecule has 0 aliphatic carbocycles. The molecule has 2 heterocycles. The summed E-state index contributed by atoms with van der Waals surface area (Å²) in [6.07, 6.45) is 0.0621. The van der Waals surface area contributed by atoms with Crippen LogP contribution in [-0.2, 0) is 69.1 Å². The zero-order valence-corrected chi connectivity index (χ0v) is 39.9. The summed E-state index contributed by atoms with van der Waals surface area (Å²) in [6, 6.07) is 7.22. The molecular weight excluding hydrogens is 941 g/mol. The van der Waals surface area contributed by atoms with Crippen LogP contribution in [0.1, 0.15) is 55.6 Å². The Balaban J connectivity index is 1.52. The number of nitrogens with one attached hydrogen (secondary N) is 10. The molecule has 2 bridgehead atoms. The Morgan fingerprint density at radius 3 is 1.39 bits per heavy atom. The number of aliphatic hydroxyl groups excluding tert-OH is 2. The number of aliphatic hydroxyl groups is 2. The van der Waals surface area contributed by atoms with E-state index in [0.717, 1.165) is 0 Å². The summed E-state index contributed by atoms with van der Waals surface area (Å²) in [7, 11) is 0. The van der Waals surface area contributed by atoms with E-state index in [0.29, 0.717) is 22.5 Å². The fraction of sp³-hybridized carbons (Fsp3) is 0.447. The van der Waals surface area contributed by atoms with Crippen LogP contribution in [0.15, 0.2) is 66.7 Å². The molecule has 16 N–H and O–H groups in total. The molecule has 3 aromatic rings. The topological polar surface area (TPSA) is 394 Å². The van der Waals surface area contributed by atoms with Crippen molar-refractivity contribution in [2.24, 2.45) is 5.73 Å². The number of amides is 9. The Morgan fingerprint density at radius 1 is 0.542 bits per heavy atom. The molecule has 2 aromatic carbocycles. The smallest absolute Gasteiger partial charge is 0.245 e. The molecule has 25 nitrogen and oxygen atoms in total. The Morgan fingerprint density at radius 2 is 0.958 bits per heavy atom. The summed E-state index contributed by atoms with van der Waals surface area (Å²) in [5.41, 5.74) is 7.64. The summed E-state index contributed by atoms with van der Waals surface area (Å²) in [5, 5.41) is 65.7. The number of primary amides is 1. The summed E-state index contributed by atoms with van der Waals surface area (Å²) in [6.45, 7) is 0.774. The maximum atomic E-state index is 13.7. The number of hydrogen-bond donors (Lipinski definition) is 15. The minimum absolute atomic E-state index is 0.0318. The van der Waals surface area contributed by atoms with Crippen molar-refractivity contribution in [3.05, 3.63) is 89.2 Å². The second kappa shape index (κ2) is 28.8. The van der Waals surface area contributed by atoms with Gasteiger partial charge in [0.15, 0.2) is 0 Å². The number of hydrogen-bond acceptors (Lipinski definition) is 16. The van der Waals surface area contributed by atoms with Gasteiger partial charge in [-0.1, -0.05) is 30.3 Å². The third kappa shape index (κ3) is 19.2. The number of rotatable bonds is 7. The highest BCUT2D eigenvalue weighted by Gasteiger charge is 2.31. The van der Waals surface area contributed by atoms with Gasteiger partial charge in [-0.15, -0.1) is 0 Å². The van der Waals surface area contributed by atoms with Crippen molar-refractivity contribution in [1.82, 2.24) is 58.2 Å². The number of nitrogens with two attached hydrogens (primary N) is 1. The molecular formula is C47H64N12O13. The van der Waals surface area contributed by atoms with Crippen LogP contribution in [0.25, 0.3) is 0 Å². The van der Waals surface area contributed by atoms with Crippen LogP contribution in [0.5, 0.6) is 11.5 Å². The monoisotopic (exact) mass is 1000 g/mol. The van der Waals surface area contributed by atoms with E-state index in [1.165, 1.54) is 62.4 Å². The summed E-state index contributed by atoms with van der Waals surface area (Å²) in [4.78, 5) is 123. The summed E-state index contributed by atoms with van der Waals surface area (Å²) in [5.74, 6) is -7.29. The van der Waals surface area contributed by atoms with Crippen LogP contribution < -0.4 is 58.9 Å². The minimum Gasteiger partial charge on any atom is -0.508 e. The van der Waals surface area contributed by atoms with Crippen LogP contribution in [-0.4, -0.2) is 154 Å². The van der Waals surface area contributed by atoms with Crippen LogP contribution in [0.4, 0.5) is 0 Å². The number of phenols is 2. The van der Waals surface area contributed by atoms with Gasteiger partial charge in [0.25, 0.3) is 0 Å². The van der Waals surface area contributed by atoms with Gasteiger partial charge < -0.3 is 79.3 Å². The third-order valence-electron chi connectivity index (χ3n) is 11.1. The van der Waals surface area contributed by atoms with Crippen molar-refractivity contribution in [2.45, 2.75) is 101 Å². The van der Waals surface area contributed by atoms with E-state index >= 15 is 0 Å². The predicted octanol–water partition coefficient (Wildman–Crippen LogP) is -4.64. The van der Waals surface area contributed by atoms with E-state index in [-0.39, 0.29) is 76.3 Å². The normalized spacial score (nSPS) is 23.9. The SMILES string of the molecule is C[C@@H]1NC(=O)CNCc2cccc(n2)CNCC(=O)N[C@@H](C)C(=O)N[C@@H](Cc2ccc(O)cc2)C(=O)N[C@@H](CO)C(=O)N[C@H](C(N)=O)CCCCNC(=O)C(CO)NC(=O)[C@H](Cc2ccc(O)cc2)NC1=O. The molecule has 72 heavy (non-hydrogen) atoms. The number of aromatic hydroxyl groups is 2. The lowest BCUT2D eigenvalue weighted by Crippen LogP contribution is -2.59. The van der Waals surface area contributed by atoms with E-state index in [1.54, 1.807) is 18.2 Å². The van der Waals surface area contributed by atoms with Gasteiger partial charge in [0.2, 0.25) is 53.2 Å². The largest absolute Gasteiger partial charge is 0.508 e. The molecule has 0 radical (unpaired) electrons. The van der Waals surface area contributed by atoms with Crippen LogP contribution in [0.3, 0.4) is 0 Å². The van der Waals surface area contributed by atoms with E-state index in [1.807, 2.05) is 0 Å². The van der Waals surface area contributed by atoms with Gasteiger partial charge >= 0.3 is 0 Å². The number of pyridine rings is 1. The molecule has 1 aliphatic heterocycles.